The Labute approximate surface area is 248 Å². The fourth-order valence-corrected chi connectivity index (χ4v) is 6.21. The lowest BCUT2D eigenvalue weighted by molar-refractivity contribution is -0.141. The van der Waals surface area contributed by atoms with Crippen molar-refractivity contribution in [2.75, 3.05) is 13.2 Å². The van der Waals surface area contributed by atoms with Crippen molar-refractivity contribution in [3.63, 3.8) is 0 Å². The Kier molecular flexibility index (Phi) is 6.23. The van der Waals surface area contributed by atoms with Gasteiger partial charge in [0.2, 0.25) is 5.88 Å². The molecule has 4 aromatic carbocycles. The molecule has 1 unspecified atom stereocenters. The number of ether oxygens (including phenoxy) is 3. The number of hydrogen-bond acceptors (Lipinski definition) is 5. The van der Waals surface area contributed by atoms with Crippen LogP contribution >= 0.6 is 0 Å². The Hall–Kier alpha value is -4.79. The van der Waals surface area contributed by atoms with Gasteiger partial charge in [-0.25, -0.2) is 0 Å². The molecule has 1 atom stereocenters. The Morgan fingerprint density at radius 3 is 2.67 bits per heavy atom. The van der Waals surface area contributed by atoms with Crippen LogP contribution < -0.4 is 10.5 Å². The van der Waals surface area contributed by atoms with Crippen LogP contribution in [0.15, 0.2) is 72.9 Å². The molecule has 7 rings (SSSR count). The molecule has 218 valence electrons. The summed E-state index contributed by atoms with van der Waals surface area (Å²) in [6.45, 7) is 8.67. The third kappa shape index (κ3) is 4.59. The van der Waals surface area contributed by atoms with Gasteiger partial charge in [-0.05, 0) is 74.7 Å². The van der Waals surface area contributed by atoms with E-state index in [1.165, 1.54) is 0 Å². The number of fused-ring (bicyclic) bond motifs is 4. The molecule has 0 bridgehead atoms. The molecule has 1 fully saturated rings. The van der Waals surface area contributed by atoms with Gasteiger partial charge in [-0.1, -0.05) is 35.9 Å². The minimum atomic E-state index is -0.612. The van der Waals surface area contributed by atoms with Gasteiger partial charge in [0.05, 0.1) is 28.9 Å². The number of rotatable bonds is 6. The maximum Gasteiger partial charge on any atom is 0.250 e. The number of nitrogens with one attached hydrogen (secondary N) is 1. The molecular weight excluding hydrogens is 542 g/mol. The van der Waals surface area contributed by atoms with Crippen molar-refractivity contribution >= 4 is 38.5 Å². The molecule has 8 heteroatoms. The molecular formula is C35H33N3O5. The summed E-state index contributed by atoms with van der Waals surface area (Å²) in [5.41, 5.74) is 12.6. The SMILES string of the molecule is Cc1ccc2cn(-c3cccc(-c4ccc(C(N)=O)c5[nH]c6cc(OCC7COC(C)(C)O7)ccc6c45)c3C)c(O)c2c1. The molecule has 6 aromatic rings. The van der Waals surface area contributed by atoms with Gasteiger partial charge in [-0.2, -0.15) is 0 Å². The van der Waals surface area contributed by atoms with Crippen molar-refractivity contribution in [1.82, 2.24) is 9.55 Å². The van der Waals surface area contributed by atoms with Crippen LogP contribution in [-0.4, -0.2) is 45.7 Å². The van der Waals surface area contributed by atoms with Crippen molar-refractivity contribution in [2.24, 2.45) is 5.73 Å². The highest BCUT2D eigenvalue weighted by Gasteiger charge is 2.33. The van der Waals surface area contributed by atoms with Crippen LogP contribution in [0, 0.1) is 13.8 Å². The number of carbonyl (C=O) groups is 1. The van der Waals surface area contributed by atoms with Crippen LogP contribution in [-0.2, 0) is 9.47 Å². The summed E-state index contributed by atoms with van der Waals surface area (Å²) in [4.78, 5) is 15.9. The lowest BCUT2D eigenvalue weighted by atomic mass is 9.93. The number of aromatic hydroxyl groups is 1. The molecule has 4 N–H and O–H groups in total. The Morgan fingerprint density at radius 2 is 1.91 bits per heavy atom. The number of primary amides is 1. The first-order chi connectivity index (χ1) is 20.6. The van der Waals surface area contributed by atoms with Gasteiger partial charge in [0, 0.05) is 33.8 Å². The van der Waals surface area contributed by atoms with E-state index in [0.29, 0.717) is 30.0 Å². The van der Waals surface area contributed by atoms with Gasteiger partial charge in [0.25, 0.3) is 5.91 Å². The lowest BCUT2D eigenvalue weighted by Crippen LogP contribution is -2.25. The highest BCUT2D eigenvalue weighted by atomic mass is 16.7. The second kappa shape index (κ2) is 9.90. The number of amides is 1. The molecule has 1 amide bonds. The Bertz CT molecular complexity index is 2070. The maximum atomic E-state index is 12.5. The standard InChI is InChI=1S/C35H33N3O5/c1-19-8-9-21-16-38(34(40)28(21)14-19)30-7-5-6-24(20(30)2)25-12-13-27(33(36)39)32-31(25)26-11-10-22(15-29(26)37-32)41-17-23-18-42-35(3,4)43-23/h5-16,23,37,40H,17-18H2,1-4H3,(H2,36,39). The van der Waals surface area contributed by atoms with Gasteiger partial charge in [-0.15, -0.1) is 0 Å². The Morgan fingerprint density at radius 1 is 1.07 bits per heavy atom. The highest BCUT2D eigenvalue weighted by molar-refractivity contribution is 6.20. The van der Waals surface area contributed by atoms with Crippen molar-refractivity contribution < 1.29 is 24.1 Å². The number of hydrogen-bond donors (Lipinski definition) is 3. The second-order valence-electron chi connectivity index (χ2n) is 11.7. The third-order valence-corrected chi connectivity index (χ3v) is 8.30. The molecule has 1 aliphatic rings. The first kappa shape index (κ1) is 27.1. The van der Waals surface area contributed by atoms with E-state index in [0.717, 1.165) is 55.0 Å². The molecule has 0 spiro atoms. The van der Waals surface area contributed by atoms with Crippen molar-refractivity contribution in [1.29, 1.82) is 0 Å². The number of aryl methyl sites for hydroxylation is 1. The van der Waals surface area contributed by atoms with Crippen molar-refractivity contribution in [3.05, 3.63) is 89.6 Å². The summed E-state index contributed by atoms with van der Waals surface area (Å²) in [5.74, 6) is -0.243. The van der Waals surface area contributed by atoms with E-state index in [1.807, 2.05) is 93.1 Å². The number of nitrogens with two attached hydrogens (primary N) is 1. The van der Waals surface area contributed by atoms with E-state index in [1.54, 1.807) is 6.07 Å². The molecule has 0 aliphatic carbocycles. The number of aromatic nitrogens is 2. The maximum absolute atomic E-state index is 12.5. The first-order valence-electron chi connectivity index (χ1n) is 14.3. The van der Waals surface area contributed by atoms with Crippen LogP contribution in [0.25, 0.3) is 49.4 Å². The summed E-state index contributed by atoms with van der Waals surface area (Å²) in [6.07, 6.45) is 1.80. The van der Waals surface area contributed by atoms with E-state index < -0.39 is 11.7 Å². The molecule has 0 radical (unpaired) electrons. The topological polar surface area (TPSA) is 112 Å². The van der Waals surface area contributed by atoms with Gasteiger partial charge in [-0.3, -0.25) is 9.36 Å². The van der Waals surface area contributed by atoms with E-state index in [9.17, 15) is 9.90 Å². The predicted octanol–water partition coefficient (Wildman–Crippen LogP) is 6.88. The lowest BCUT2D eigenvalue weighted by Gasteiger charge is -2.17. The smallest absolute Gasteiger partial charge is 0.250 e. The number of carbonyl (C=O) groups excluding carboxylic acids is 1. The van der Waals surface area contributed by atoms with E-state index >= 15 is 0 Å². The van der Waals surface area contributed by atoms with Crippen LogP contribution in [0.1, 0.15) is 35.3 Å². The largest absolute Gasteiger partial charge is 0.494 e. The summed E-state index contributed by atoms with van der Waals surface area (Å²) < 4.78 is 19.4. The number of H-pyrrole nitrogens is 1. The predicted molar refractivity (Wildman–Crippen MR) is 168 cm³/mol. The third-order valence-electron chi connectivity index (χ3n) is 8.30. The van der Waals surface area contributed by atoms with Crippen molar-refractivity contribution in [2.45, 2.75) is 39.6 Å². The van der Waals surface area contributed by atoms with Crippen LogP contribution in [0.5, 0.6) is 11.6 Å². The normalized spacial score (nSPS) is 16.4. The van der Waals surface area contributed by atoms with Crippen LogP contribution in [0.3, 0.4) is 0 Å². The number of aromatic amines is 1. The summed E-state index contributed by atoms with van der Waals surface area (Å²) in [5, 5.41) is 14.8. The van der Waals surface area contributed by atoms with Crippen LogP contribution in [0.2, 0.25) is 0 Å². The molecule has 3 heterocycles. The zero-order chi connectivity index (χ0) is 30.0. The molecule has 8 nitrogen and oxygen atoms in total. The van der Waals surface area contributed by atoms with E-state index in [-0.39, 0.29) is 12.0 Å². The van der Waals surface area contributed by atoms with E-state index in [4.69, 9.17) is 19.9 Å². The second-order valence-corrected chi connectivity index (χ2v) is 11.7. The minimum absolute atomic E-state index is 0.155. The summed E-state index contributed by atoms with van der Waals surface area (Å²) >= 11 is 0. The zero-order valence-electron chi connectivity index (χ0n) is 24.5. The fourth-order valence-electron chi connectivity index (χ4n) is 6.21. The number of nitrogens with zero attached hydrogens (tertiary/aromatic N) is 1. The summed E-state index contributed by atoms with van der Waals surface area (Å²) in [6, 6.07) is 21.7. The minimum Gasteiger partial charge on any atom is -0.494 e. The monoisotopic (exact) mass is 575 g/mol. The van der Waals surface area contributed by atoms with Gasteiger partial charge in [0.1, 0.15) is 18.5 Å². The molecule has 43 heavy (non-hydrogen) atoms. The summed E-state index contributed by atoms with van der Waals surface area (Å²) in [7, 11) is 0. The van der Waals surface area contributed by atoms with Gasteiger partial charge in [0.15, 0.2) is 5.79 Å². The average molecular weight is 576 g/mol. The van der Waals surface area contributed by atoms with Gasteiger partial charge < -0.3 is 30.0 Å². The fraction of sp³-hybridized carbons (Fsp3) is 0.229. The average Bonchev–Trinajstić information content (AvgIpc) is 3.63. The number of benzene rings is 4. The highest BCUT2D eigenvalue weighted by Crippen LogP contribution is 2.41. The van der Waals surface area contributed by atoms with Gasteiger partial charge >= 0.3 is 0 Å². The molecule has 1 aliphatic heterocycles. The molecule has 0 saturated carbocycles. The quantitative estimate of drug-likeness (QED) is 0.200. The van der Waals surface area contributed by atoms with E-state index in [2.05, 4.69) is 11.1 Å². The zero-order valence-corrected chi connectivity index (χ0v) is 24.5. The first-order valence-corrected chi connectivity index (χ1v) is 14.3. The Balaban J connectivity index is 1.34. The molecule has 1 saturated heterocycles. The van der Waals surface area contributed by atoms with Crippen molar-refractivity contribution in [3.8, 4) is 28.4 Å². The molecule has 2 aromatic heterocycles. The van der Waals surface area contributed by atoms with Crippen LogP contribution in [0.4, 0.5) is 0 Å².